The smallest absolute Gasteiger partial charge is 0.196 e. The lowest BCUT2D eigenvalue weighted by Crippen LogP contribution is -2.04. The molecule has 6 heteroatoms. The molecule has 1 heterocycles. The minimum atomic E-state index is -1.52. The van der Waals surface area contributed by atoms with Gasteiger partial charge in [0.15, 0.2) is 17.5 Å². The lowest BCUT2D eigenvalue weighted by molar-refractivity contribution is 0.449. The van der Waals surface area contributed by atoms with Gasteiger partial charge in [-0.15, -0.1) is 0 Å². The summed E-state index contributed by atoms with van der Waals surface area (Å²) in [5.74, 6) is -4.02. The molecule has 0 fully saturated rings. The predicted octanol–water partition coefficient (Wildman–Crippen LogP) is 2.98. The van der Waals surface area contributed by atoms with E-state index in [9.17, 15) is 13.2 Å². The van der Waals surface area contributed by atoms with E-state index in [2.05, 4.69) is 10.3 Å². The fourth-order valence-corrected chi connectivity index (χ4v) is 1.51. The van der Waals surface area contributed by atoms with Crippen molar-refractivity contribution in [2.45, 2.75) is 6.54 Å². The van der Waals surface area contributed by atoms with Crippen LogP contribution in [0.5, 0.6) is 0 Å². The lowest BCUT2D eigenvalue weighted by atomic mass is 10.2. The molecule has 0 aliphatic heterocycles. The van der Waals surface area contributed by atoms with Crippen LogP contribution < -0.4 is 5.32 Å². The highest BCUT2D eigenvalue weighted by atomic mass is 19.2. The number of hydrogen-bond donors (Lipinski definition) is 1. The number of rotatable bonds is 3. The van der Waals surface area contributed by atoms with Gasteiger partial charge < -0.3 is 5.32 Å². The molecule has 2 aromatic rings. The third-order valence-electron chi connectivity index (χ3n) is 2.46. The van der Waals surface area contributed by atoms with Crippen LogP contribution in [0.4, 0.5) is 18.9 Å². The summed E-state index contributed by atoms with van der Waals surface area (Å²) in [7, 11) is 0. The van der Waals surface area contributed by atoms with Crippen molar-refractivity contribution in [2.24, 2.45) is 0 Å². The van der Waals surface area contributed by atoms with Gasteiger partial charge in [-0.1, -0.05) is 0 Å². The Balaban J connectivity index is 2.15. The molecule has 0 saturated heterocycles. The summed E-state index contributed by atoms with van der Waals surface area (Å²) in [4.78, 5) is 3.78. The molecule has 1 aromatic carbocycles. The van der Waals surface area contributed by atoms with E-state index < -0.39 is 17.5 Å². The Morgan fingerprint density at radius 3 is 2.68 bits per heavy atom. The monoisotopic (exact) mass is 263 g/mol. The Bertz CT molecular complexity index is 650. The molecule has 0 amide bonds. The van der Waals surface area contributed by atoms with Crippen molar-refractivity contribution in [1.82, 2.24) is 4.98 Å². The number of hydrogen-bond acceptors (Lipinski definition) is 3. The van der Waals surface area contributed by atoms with Crippen LogP contribution in [0, 0.1) is 28.8 Å². The predicted molar refractivity (Wildman–Crippen MR) is 62.6 cm³/mol. The first-order valence-corrected chi connectivity index (χ1v) is 5.34. The highest BCUT2D eigenvalue weighted by Gasteiger charge is 2.12. The fraction of sp³-hybridized carbons (Fsp3) is 0.0769. The number of nitriles is 1. The molecule has 0 aliphatic carbocycles. The number of nitrogens with zero attached hydrogens (tertiary/aromatic N) is 2. The van der Waals surface area contributed by atoms with Crippen molar-refractivity contribution in [3.05, 3.63) is 59.2 Å². The Labute approximate surface area is 107 Å². The summed E-state index contributed by atoms with van der Waals surface area (Å²) in [5.41, 5.74) is 0.759. The largest absolute Gasteiger partial charge is 0.379 e. The Kier molecular flexibility index (Phi) is 3.66. The lowest BCUT2D eigenvalue weighted by Gasteiger charge is -2.08. The van der Waals surface area contributed by atoms with Crippen LogP contribution in [0.3, 0.4) is 0 Å². The highest BCUT2D eigenvalue weighted by molar-refractivity contribution is 5.46. The SMILES string of the molecule is N#Cc1cc(CNc2ccc(F)c(F)c2F)ccn1. The molecule has 0 aliphatic rings. The fourth-order valence-electron chi connectivity index (χ4n) is 1.51. The molecular formula is C13H8F3N3. The second-order valence-electron chi connectivity index (χ2n) is 3.74. The van der Waals surface area contributed by atoms with Crippen molar-refractivity contribution < 1.29 is 13.2 Å². The van der Waals surface area contributed by atoms with E-state index in [0.717, 1.165) is 12.1 Å². The molecule has 0 spiro atoms. The van der Waals surface area contributed by atoms with Crippen LogP contribution in [0.15, 0.2) is 30.5 Å². The zero-order valence-corrected chi connectivity index (χ0v) is 9.62. The number of halogens is 3. The summed E-state index contributed by atoms with van der Waals surface area (Å²) in [6, 6.07) is 6.97. The van der Waals surface area contributed by atoms with E-state index in [-0.39, 0.29) is 17.9 Å². The van der Waals surface area contributed by atoms with Gasteiger partial charge in [0.05, 0.1) is 5.69 Å². The Morgan fingerprint density at radius 1 is 1.16 bits per heavy atom. The van der Waals surface area contributed by atoms with E-state index in [1.54, 1.807) is 6.07 Å². The van der Waals surface area contributed by atoms with Gasteiger partial charge in [0.1, 0.15) is 11.8 Å². The van der Waals surface area contributed by atoms with Gasteiger partial charge in [0.2, 0.25) is 0 Å². The number of anilines is 1. The second-order valence-corrected chi connectivity index (χ2v) is 3.74. The zero-order chi connectivity index (χ0) is 13.8. The van der Waals surface area contributed by atoms with Crippen LogP contribution in [-0.2, 0) is 6.54 Å². The van der Waals surface area contributed by atoms with Gasteiger partial charge in [0, 0.05) is 12.7 Å². The number of aromatic nitrogens is 1. The van der Waals surface area contributed by atoms with E-state index in [0.29, 0.717) is 5.56 Å². The van der Waals surface area contributed by atoms with Gasteiger partial charge in [0.25, 0.3) is 0 Å². The Morgan fingerprint density at radius 2 is 1.95 bits per heavy atom. The van der Waals surface area contributed by atoms with Gasteiger partial charge in [-0.2, -0.15) is 5.26 Å². The van der Waals surface area contributed by atoms with Crippen molar-refractivity contribution in [1.29, 1.82) is 5.26 Å². The maximum Gasteiger partial charge on any atom is 0.196 e. The summed E-state index contributed by atoms with van der Waals surface area (Å²) in [5, 5.41) is 11.3. The van der Waals surface area contributed by atoms with E-state index in [1.807, 2.05) is 6.07 Å². The third kappa shape index (κ3) is 2.83. The molecule has 1 aromatic heterocycles. The van der Waals surface area contributed by atoms with Crippen molar-refractivity contribution >= 4 is 5.69 Å². The van der Waals surface area contributed by atoms with Crippen LogP contribution in [-0.4, -0.2) is 4.98 Å². The molecule has 0 atom stereocenters. The van der Waals surface area contributed by atoms with Crippen molar-refractivity contribution in [3.8, 4) is 6.07 Å². The second kappa shape index (κ2) is 5.40. The molecular weight excluding hydrogens is 255 g/mol. The van der Waals surface area contributed by atoms with Crippen LogP contribution >= 0.6 is 0 Å². The minimum absolute atomic E-state index is 0.144. The van der Waals surface area contributed by atoms with Gasteiger partial charge in [-0.25, -0.2) is 18.2 Å². The quantitative estimate of drug-likeness (QED) is 0.866. The summed E-state index contributed by atoms with van der Waals surface area (Å²) in [6.45, 7) is 0.166. The first-order chi connectivity index (χ1) is 9.11. The summed E-state index contributed by atoms with van der Waals surface area (Å²) in [6.07, 6.45) is 1.44. The van der Waals surface area contributed by atoms with Crippen LogP contribution in [0.25, 0.3) is 0 Å². The third-order valence-corrected chi connectivity index (χ3v) is 2.46. The molecule has 0 bridgehead atoms. The van der Waals surface area contributed by atoms with Crippen LogP contribution in [0.2, 0.25) is 0 Å². The molecule has 19 heavy (non-hydrogen) atoms. The van der Waals surface area contributed by atoms with E-state index in [1.165, 1.54) is 12.3 Å². The number of benzene rings is 1. The summed E-state index contributed by atoms with van der Waals surface area (Å²) < 4.78 is 39.1. The average Bonchev–Trinajstić information content (AvgIpc) is 2.44. The van der Waals surface area contributed by atoms with Gasteiger partial charge >= 0.3 is 0 Å². The van der Waals surface area contributed by atoms with E-state index >= 15 is 0 Å². The number of pyridine rings is 1. The molecule has 0 saturated carbocycles. The van der Waals surface area contributed by atoms with Gasteiger partial charge in [-0.05, 0) is 29.8 Å². The van der Waals surface area contributed by atoms with Crippen LogP contribution in [0.1, 0.15) is 11.3 Å². The van der Waals surface area contributed by atoms with Gasteiger partial charge in [-0.3, -0.25) is 0 Å². The minimum Gasteiger partial charge on any atom is -0.379 e. The summed E-state index contributed by atoms with van der Waals surface area (Å²) >= 11 is 0. The molecule has 0 radical (unpaired) electrons. The van der Waals surface area contributed by atoms with Crippen molar-refractivity contribution in [3.63, 3.8) is 0 Å². The topological polar surface area (TPSA) is 48.7 Å². The molecule has 3 nitrogen and oxygen atoms in total. The first-order valence-electron chi connectivity index (χ1n) is 5.34. The average molecular weight is 263 g/mol. The van der Waals surface area contributed by atoms with E-state index in [4.69, 9.17) is 5.26 Å². The normalized spacial score (nSPS) is 10.0. The molecule has 0 unspecified atom stereocenters. The Hall–Kier alpha value is -2.55. The highest BCUT2D eigenvalue weighted by Crippen LogP contribution is 2.20. The maximum atomic E-state index is 13.4. The molecule has 1 N–H and O–H groups in total. The zero-order valence-electron chi connectivity index (χ0n) is 9.62. The molecule has 2 rings (SSSR count). The maximum absolute atomic E-state index is 13.4. The first kappa shape index (κ1) is 12.9. The standard InChI is InChI=1S/C13H8F3N3/c14-10-1-2-11(13(16)12(10)15)19-7-8-3-4-18-9(5-8)6-17/h1-5,19H,7H2. The number of nitrogens with one attached hydrogen (secondary N) is 1. The molecule has 96 valence electrons. The van der Waals surface area contributed by atoms with Crippen molar-refractivity contribution in [2.75, 3.05) is 5.32 Å².